The van der Waals surface area contributed by atoms with Crippen molar-refractivity contribution in [3.63, 3.8) is 0 Å². The molecule has 2 aliphatic carbocycles. The van der Waals surface area contributed by atoms with E-state index in [1.807, 2.05) is 0 Å². The lowest BCUT2D eigenvalue weighted by Crippen LogP contribution is -2.64. The van der Waals surface area contributed by atoms with E-state index in [0.29, 0.717) is 0 Å². The molecule has 1 fully saturated rings. The van der Waals surface area contributed by atoms with Crippen molar-refractivity contribution in [3.05, 3.63) is 177 Å². The average molecular weight is 917 g/mol. The van der Waals surface area contributed by atoms with Crippen molar-refractivity contribution >= 4 is 51.5 Å². The molecule has 12 rings (SSSR count). The number of rotatable bonds is 4. The molecule has 5 aliphatic rings. The Morgan fingerprint density at radius 3 is 1.81 bits per heavy atom. The van der Waals surface area contributed by atoms with E-state index in [9.17, 15) is 0 Å². The third-order valence-corrected chi connectivity index (χ3v) is 18.3. The lowest BCUT2D eigenvalue weighted by Gasteiger charge is -2.53. The summed E-state index contributed by atoms with van der Waals surface area (Å²) >= 11 is 0. The van der Waals surface area contributed by atoms with Crippen molar-refractivity contribution in [1.29, 1.82) is 0 Å². The smallest absolute Gasteiger partial charge is 0.252 e. The summed E-state index contributed by atoms with van der Waals surface area (Å²) < 4.78 is 0. The molecular weight excluding hydrogens is 844 g/mol. The molecule has 0 spiro atoms. The van der Waals surface area contributed by atoms with Gasteiger partial charge in [-0.25, -0.2) is 0 Å². The van der Waals surface area contributed by atoms with Gasteiger partial charge in [-0.1, -0.05) is 199 Å². The van der Waals surface area contributed by atoms with Crippen LogP contribution in [0.2, 0.25) is 0 Å². The molecule has 1 saturated carbocycles. The molecule has 2 unspecified atom stereocenters. The minimum Gasteiger partial charge on any atom is -0.335 e. The summed E-state index contributed by atoms with van der Waals surface area (Å²) in [6.07, 6.45) is 5.74. The van der Waals surface area contributed by atoms with Crippen LogP contribution in [0.15, 0.2) is 127 Å². The van der Waals surface area contributed by atoms with E-state index >= 15 is 0 Å². The molecule has 7 aromatic rings. The zero-order valence-electron chi connectivity index (χ0n) is 44.6. The lowest BCUT2D eigenvalue weighted by molar-refractivity contribution is 0.195. The van der Waals surface area contributed by atoms with Crippen molar-refractivity contribution in [2.75, 3.05) is 9.80 Å². The van der Waals surface area contributed by atoms with Crippen LogP contribution in [0.4, 0.5) is 28.4 Å². The predicted octanol–water partition coefficient (Wildman–Crippen LogP) is 15.8. The summed E-state index contributed by atoms with van der Waals surface area (Å²) in [7, 11) is 0. The largest absolute Gasteiger partial charge is 0.335 e. The second kappa shape index (κ2) is 14.9. The summed E-state index contributed by atoms with van der Waals surface area (Å²) in [6.45, 7) is 34.1. The number of aryl methyl sites for hydroxylation is 1. The Labute approximate surface area is 420 Å². The number of nitrogens with zero attached hydrogens (tertiary/aromatic N) is 2. The SMILES string of the molecule is Cc1cc2c3c(c1)N1c4c(cc(C(C)(C)C)cc4C4(C)CCCCC14C)B3c1cc3c(cc1N2c1c(Cc2ccccc2)cc(C(C)(C)C)cc1-c1ccccc1)-c1ccc(C(C)(C)C)cc1C3(C)C. The molecule has 3 heterocycles. The first kappa shape index (κ1) is 45.4. The Morgan fingerprint density at radius 2 is 1.13 bits per heavy atom. The van der Waals surface area contributed by atoms with Gasteiger partial charge in [-0.15, -0.1) is 0 Å². The van der Waals surface area contributed by atoms with E-state index in [1.54, 1.807) is 5.56 Å². The second-order valence-corrected chi connectivity index (χ2v) is 26.2. The first-order chi connectivity index (χ1) is 33.0. The third kappa shape index (κ3) is 6.37. The fraction of sp³-hybridized carbons (Fsp3) is 0.373. The second-order valence-electron chi connectivity index (χ2n) is 26.2. The van der Waals surface area contributed by atoms with Crippen LogP contribution in [0, 0.1) is 6.92 Å². The topological polar surface area (TPSA) is 6.48 Å². The van der Waals surface area contributed by atoms with Gasteiger partial charge in [-0.2, -0.15) is 0 Å². The van der Waals surface area contributed by atoms with Crippen LogP contribution < -0.4 is 26.2 Å². The third-order valence-electron chi connectivity index (χ3n) is 18.3. The van der Waals surface area contributed by atoms with Gasteiger partial charge in [0.25, 0.3) is 6.71 Å². The van der Waals surface area contributed by atoms with Gasteiger partial charge in [0.1, 0.15) is 0 Å². The number of anilines is 5. The molecule has 3 heteroatoms. The minimum atomic E-state index is -0.185. The molecule has 0 bridgehead atoms. The summed E-state index contributed by atoms with van der Waals surface area (Å²) in [4.78, 5) is 5.71. The van der Waals surface area contributed by atoms with Crippen molar-refractivity contribution in [2.24, 2.45) is 0 Å². The van der Waals surface area contributed by atoms with E-state index in [-0.39, 0.29) is 39.3 Å². The Bertz CT molecular complexity index is 3320. The number of hydrogen-bond acceptors (Lipinski definition) is 2. The highest BCUT2D eigenvalue weighted by atomic mass is 15.3. The molecule has 2 atom stereocenters. The average Bonchev–Trinajstić information content (AvgIpc) is 3.66. The quantitative estimate of drug-likeness (QED) is 0.162. The molecular formula is C67H73BN2. The lowest BCUT2D eigenvalue weighted by atomic mass is 9.33. The van der Waals surface area contributed by atoms with Crippen molar-refractivity contribution in [3.8, 4) is 22.3 Å². The molecule has 354 valence electrons. The minimum absolute atomic E-state index is 0.0155. The van der Waals surface area contributed by atoms with Gasteiger partial charge in [0, 0.05) is 39.1 Å². The van der Waals surface area contributed by atoms with Gasteiger partial charge < -0.3 is 9.80 Å². The van der Waals surface area contributed by atoms with Crippen LogP contribution >= 0.6 is 0 Å². The van der Waals surface area contributed by atoms with Crippen molar-refractivity contribution in [1.82, 2.24) is 0 Å². The van der Waals surface area contributed by atoms with Crippen molar-refractivity contribution < 1.29 is 0 Å². The monoisotopic (exact) mass is 917 g/mol. The standard InChI is InChI=1S/C67H73BN2/c1-41-31-57-59-58(32-41)70-61-53(66(13)29-21-22-30-67(66,70)14)37-47(64(8,9)10)38-55(61)68(59)54-40-52-50(48-28-27-45(62(2,3)4)36-51(48)65(52,11)12)39-56(54)69(57)60-44(33-42-23-17-15-18-24-42)34-46(63(5,6)7)35-49(60)43-25-19-16-20-26-43/h15-20,23-28,31-32,34-40H,21-22,29-30,33H2,1-14H3. The van der Waals surface area contributed by atoms with E-state index in [0.717, 1.165) is 6.42 Å². The van der Waals surface area contributed by atoms with Gasteiger partial charge in [0.05, 0.1) is 11.2 Å². The molecule has 70 heavy (non-hydrogen) atoms. The first-order valence-electron chi connectivity index (χ1n) is 26.6. The van der Waals surface area contributed by atoms with Crippen LogP contribution in [0.25, 0.3) is 22.3 Å². The molecule has 3 aliphatic heterocycles. The molecule has 0 radical (unpaired) electrons. The first-order valence-corrected chi connectivity index (χ1v) is 26.6. The number of benzene rings is 7. The van der Waals surface area contributed by atoms with Crippen LogP contribution in [0.5, 0.6) is 0 Å². The van der Waals surface area contributed by atoms with Crippen LogP contribution in [0.1, 0.15) is 166 Å². The highest BCUT2D eigenvalue weighted by molar-refractivity contribution is 7.00. The summed E-state index contributed by atoms with van der Waals surface area (Å²) in [5.41, 5.74) is 28.9. The molecule has 0 aromatic heterocycles. The highest BCUT2D eigenvalue weighted by Crippen LogP contribution is 2.63. The van der Waals surface area contributed by atoms with Crippen LogP contribution in [-0.4, -0.2) is 12.3 Å². The maximum Gasteiger partial charge on any atom is 0.252 e. The summed E-state index contributed by atoms with van der Waals surface area (Å²) in [6, 6.07) is 50.8. The Morgan fingerprint density at radius 1 is 0.514 bits per heavy atom. The highest BCUT2D eigenvalue weighted by Gasteiger charge is 2.62. The maximum absolute atomic E-state index is 2.92. The molecule has 0 amide bonds. The molecule has 0 saturated heterocycles. The molecule has 0 N–H and O–H groups in total. The molecule has 7 aromatic carbocycles. The van der Waals surface area contributed by atoms with Gasteiger partial charge in [-0.3, -0.25) is 0 Å². The van der Waals surface area contributed by atoms with Crippen molar-refractivity contribution in [2.45, 2.75) is 162 Å². The van der Waals surface area contributed by atoms with Gasteiger partial charge in [0.15, 0.2) is 0 Å². The molecule has 2 nitrogen and oxygen atoms in total. The Kier molecular flexibility index (Phi) is 9.64. The van der Waals surface area contributed by atoms with Gasteiger partial charge in [-0.05, 0) is 157 Å². The summed E-state index contributed by atoms with van der Waals surface area (Å²) in [5.74, 6) is 0. The zero-order valence-corrected chi connectivity index (χ0v) is 44.6. The Hall–Kier alpha value is -5.80. The van der Waals surface area contributed by atoms with Gasteiger partial charge in [0.2, 0.25) is 0 Å². The van der Waals surface area contributed by atoms with E-state index < -0.39 is 0 Å². The Balaban J connectivity index is 1.25. The van der Waals surface area contributed by atoms with E-state index in [2.05, 4.69) is 234 Å². The zero-order chi connectivity index (χ0) is 49.2. The van der Waals surface area contributed by atoms with E-state index in [1.165, 1.54) is 137 Å². The van der Waals surface area contributed by atoms with Crippen LogP contribution in [-0.2, 0) is 33.5 Å². The van der Waals surface area contributed by atoms with E-state index in [4.69, 9.17) is 0 Å². The number of fused-ring (bicyclic) bond motifs is 10. The van der Waals surface area contributed by atoms with Crippen LogP contribution in [0.3, 0.4) is 0 Å². The fourth-order valence-electron chi connectivity index (χ4n) is 14.0. The predicted molar refractivity (Wildman–Crippen MR) is 302 cm³/mol. The summed E-state index contributed by atoms with van der Waals surface area (Å²) in [5, 5.41) is 0. The normalized spacial score (nSPS) is 20.4. The maximum atomic E-state index is 2.92. The fourth-order valence-corrected chi connectivity index (χ4v) is 14.0. The number of hydrogen-bond donors (Lipinski definition) is 0. The van der Waals surface area contributed by atoms with Gasteiger partial charge >= 0.3 is 0 Å².